The van der Waals surface area contributed by atoms with Gasteiger partial charge < -0.3 is 14.4 Å². The minimum Gasteiger partial charge on any atom is -0.501 e. The minimum absolute atomic E-state index is 0. The predicted octanol–water partition coefficient (Wildman–Crippen LogP) is 13.3. The number of aryl methyl sites for hydroxylation is 2. The van der Waals surface area contributed by atoms with Gasteiger partial charge in [-0.3, -0.25) is 0 Å². The Labute approximate surface area is 330 Å². The second-order valence-electron chi connectivity index (χ2n) is 14.5. The zero-order valence-electron chi connectivity index (χ0n) is 36.6. The van der Waals surface area contributed by atoms with E-state index in [1.807, 2.05) is 60.8 Å². The Balaban J connectivity index is 0.000000262. The van der Waals surface area contributed by atoms with Gasteiger partial charge in [-0.15, -0.1) is 53.6 Å². The third kappa shape index (κ3) is 6.95. The Bertz CT molecular complexity index is 2780. The van der Waals surface area contributed by atoms with Crippen LogP contribution < -0.4 is 0 Å². The fourth-order valence-corrected chi connectivity index (χ4v) is 7.20. The van der Waals surface area contributed by atoms with Crippen molar-refractivity contribution in [3.8, 4) is 22.5 Å². The van der Waals surface area contributed by atoms with Crippen LogP contribution in [0.1, 0.15) is 90.6 Å². The standard InChI is InChI=1S/C33H28NO.C15H16N.Ir/c1-20-12-15-26(30-17-27(21(2)19-34-30)22-8-4-3-5-9-22)33-32(20)29-16-24-14-13-23-10-6-7-11-25(23)28(24)18-31(29)35-33;1-15(2,3)13-9-10-14(16-11-13)12-7-5-4-6-8-12;/h6-7,10-14,16-19,22H,3-5,8-9H2,1-2H3;4-7,9-11H,1-3H3;/q2*-1;/i1D3,2D3,22D;;. The van der Waals surface area contributed by atoms with E-state index >= 15 is 0 Å². The largest absolute Gasteiger partial charge is 0.501 e. The molecule has 1 fully saturated rings. The summed E-state index contributed by atoms with van der Waals surface area (Å²) in [6, 6.07) is 37.7. The number of hydrogen-bond acceptors (Lipinski definition) is 3. The van der Waals surface area contributed by atoms with E-state index < -0.39 is 19.6 Å². The van der Waals surface area contributed by atoms with E-state index in [1.165, 1.54) is 17.8 Å². The van der Waals surface area contributed by atoms with E-state index in [4.69, 9.17) is 12.6 Å². The molecule has 52 heavy (non-hydrogen) atoms. The molecule has 5 aromatic carbocycles. The summed E-state index contributed by atoms with van der Waals surface area (Å²) in [5, 5.41) is 5.27. The van der Waals surface area contributed by atoms with Crippen LogP contribution in [0.4, 0.5) is 0 Å². The Morgan fingerprint density at radius 3 is 2.29 bits per heavy atom. The van der Waals surface area contributed by atoms with Gasteiger partial charge >= 0.3 is 0 Å². The van der Waals surface area contributed by atoms with Crippen molar-refractivity contribution >= 4 is 43.5 Å². The molecule has 1 aliphatic carbocycles. The molecule has 3 heterocycles. The number of rotatable bonds is 3. The van der Waals surface area contributed by atoms with E-state index in [0.717, 1.165) is 52.1 Å². The zero-order chi connectivity index (χ0) is 41.0. The normalized spacial score (nSPS) is 16.7. The summed E-state index contributed by atoms with van der Waals surface area (Å²) in [4.78, 5) is 9.02. The maximum absolute atomic E-state index is 9.27. The van der Waals surface area contributed by atoms with Crippen LogP contribution in [0.5, 0.6) is 0 Å². The molecule has 1 radical (unpaired) electrons. The first-order valence-electron chi connectivity index (χ1n) is 21.2. The van der Waals surface area contributed by atoms with Crippen LogP contribution in [0, 0.1) is 25.8 Å². The molecule has 3 nitrogen and oxygen atoms in total. The van der Waals surface area contributed by atoms with Gasteiger partial charge in [-0.2, -0.15) is 0 Å². The first-order chi connectivity index (χ1) is 27.5. The monoisotopic (exact) mass is 864 g/mol. The van der Waals surface area contributed by atoms with Crippen molar-refractivity contribution in [1.29, 1.82) is 0 Å². The molecule has 1 saturated carbocycles. The molecule has 3 aromatic heterocycles. The van der Waals surface area contributed by atoms with Crippen LogP contribution in [0.25, 0.3) is 66.0 Å². The van der Waals surface area contributed by atoms with Crippen molar-refractivity contribution < 1.29 is 34.1 Å². The zero-order valence-corrected chi connectivity index (χ0v) is 32.0. The topological polar surface area (TPSA) is 38.9 Å². The number of benzene rings is 5. The van der Waals surface area contributed by atoms with E-state index in [0.29, 0.717) is 51.6 Å². The molecule has 0 bridgehead atoms. The number of pyridine rings is 2. The van der Waals surface area contributed by atoms with Gasteiger partial charge in [-0.1, -0.05) is 112 Å². The second kappa shape index (κ2) is 14.8. The Morgan fingerprint density at radius 2 is 1.54 bits per heavy atom. The van der Waals surface area contributed by atoms with Gasteiger partial charge in [0.15, 0.2) is 0 Å². The molecule has 263 valence electrons. The van der Waals surface area contributed by atoms with Crippen LogP contribution in [-0.2, 0) is 25.5 Å². The van der Waals surface area contributed by atoms with Gasteiger partial charge in [-0.25, -0.2) is 0 Å². The van der Waals surface area contributed by atoms with Crippen LogP contribution in [0.15, 0.2) is 114 Å². The van der Waals surface area contributed by atoms with Crippen LogP contribution >= 0.6 is 0 Å². The summed E-state index contributed by atoms with van der Waals surface area (Å²) < 4.78 is 65.0. The van der Waals surface area contributed by atoms with Crippen molar-refractivity contribution in [2.75, 3.05) is 0 Å². The van der Waals surface area contributed by atoms with E-state index in [9.17, 15) is 1.37 Å². The summed E-state index contributed by atoms with van der Waals surface area (Å²) >= 11 is 0. The average Bonchev–Trinajstić information content (AvgIpc) is 3.57. The quantitative estimate of drug-likeness (QED) is 0.131. The molecule has 0 atom stereocenters. The Hall–Kier alpha value is -4.63. The van der Waals surface area contributed by atoms with E-state index in [-0.39, 0.29) is 36.6 Å². The van der Waals surface area contributed by atoms with Gasteiger partial charge in [0.1, 0.15) is 5.58 Å². The predicted molar refractivity (Wildman–Crippen MR) is 213 cm³/mol. The van der Waals surface area contributed by atoms with Gasteiger partial charge in [0.25, 0.3) is 0 Å². The molecule has 4 heteroatoms. The number of fused-ring (bicyclic) bond motifs is 6. The summed E-state index contributed by atoms with van der Waals surface area (Å²) in [6.07, 6.45) is 7.19. The van der Waals surface area contributed by atoms with Crippen molar-refractivity contribution in [1.82, 2.24) is 9.97 Å². The van der Waals surface area contributed by atoms with Crippen molar-refractivity contribution in [2.24, 2.45) is 0 Å². The molecule has 0 unspecified atom stereocenters. The Kier molecular flexibility index (Phi) is 7.94. The van der Waals surface area contributed by atoms with Crippen LogP contribution in [-0.4, -0.2) is 9.97 Å². The summed E-state index contributed by atoms with van der Waals surface area (Å²) in [5.74, 6) is -1.04. The molecule has 0 N–H and O–H groups in total. The number of aromatic nitrogens is 2. The SMILES string of the molecule is CC(C)(C)c1ccc(-c2[c-]cccc2)nc1.[2H]C([2H])([2H])c1cnc(-c2[c-]cc(C([2H])([2H])[2H])c3c2oc2cc4c(ccc5ccccc54)cc23)cc1C1([2H])CCCCC1.[Ir]. The first-order valence-corrected chi connectivity index (χ1v) is 17.7. The van der Waals surface area contributed by atoms with Crippen LogP contribution in [0.2, 0.25) is 0 Å². The Morgan fingerprint density at radius 1 is 0.750 bits per heavy atom. The van der Waals surface area contributed by atoms with Gasteiger partial charge in [-0.05, 0) is 92.8 Å². The van der Waals surface area contributed by atoms with E-state index in [1.54, 1.807) is 6.07 Å². The molecular weight excluding hydrogens is 813 g/mol. The van der Waals surface area contributed by atoms with Crippen LogP contribution in [0.3, 0.4) is 0 Å². The molecule has 0 aliphatic heterocycles. The molecule has 0 amide bonds. The minimum atomic E-state index is -2.42. The first kappa shape index (κ1) is 27.9. The molecule has 1 aliphatic rings. The third-order valence-electron chi connectivity index (χ3n) is 10.0. The van der Waals surface area contributed by atoms with E-state index in [2.05, 4.69) is 73.2 Å². The summed E-state index contributed by atoms with van der Waals surface area (Å²) in [6.45, 7) is 1.74. The maximum atomic E-state index is 9.27. The molecular formula is C48H44IrN2O-2. The average molecular weight is 864 g/mol. The molecule has 8 aromatic rings. The second-order valence-corrected chi connectivity index (χ2v) is 14.5. The van der Waals surface area contributed by atoms with Crippen molar-refractivity contribution in [3.63, 3.8) is 0 Å². The molecule has 0 saturated heterocycles. The molecule has 9 rings (SSSR count). The maximum Gasteiger partial charge on any atom is 0.121 e. The number of nitrogens with zero attached hydrogens (tertiary/aromatic N) is 2. The number of hydrogen-bond donors (Lipinski definition) is 0. The molecule has 0 spiro atoms. The van der Waals surface area contributed by atoms with Gasteiger partial charge in [0.05, 0.1) is 5.58 Å². The van der Waals surface area contributed by atoms with Crippen molar-refractivity contribution in [3.05, 3.63) is 144 Å². The fraction of sp³-hybridized carbons (Fsp3) is 0.250. The van der Waals surface area contributed by atoms with Gasteiger partial charge in [0.2, 0.25) is 0 Å². The third-order valence-corrected chi connectivity index (χ3v) is 10.0. The van der Waals surface area contributed by atoms with Crippen molar-refractivity contribution in [2.45, 2.75) is 77.9 Å². The summed E-state index contributed by atoms with van der Waals surface area (Å²) in [7, 11) is 0. The summed E-state index contributed by atoms with van der Waals surface area (Å²) in [5.41, 5.74) is 5.83. The smallest absolute Gasteiger partial charge is 0.121 e. The number of furan rings is 1. The van der Waals surface area contributed by atoms with Gasteiger partial charge in [0, 0.05) is 47.5 Å². The fourth-order valence-electron chi connectivity index (χ4n) is 7.20.